The Labute approximate surface area is 219 Å². The zero-order valence-electron chi connectivity index (χ0n) is 23.6. The third-order valence-corrected chi connectivity index (χ3v) is 10.5. The van der Waals surface area contributed by atoms with Crippen LogP contribution in [-0.2, 0) is 13.6 Å². The number of benzene rings is 1. The lowest BCUT2D eigenvalue weighted by atomic mass is 9.75. The van der Waals surface area contributed by atoms with Crippen LogP contribution in [0.25, 0.3) is 0 Å². The average molecular weight is 525 g/mol. The van der Waals surface area contributed by atoms with Gasteiger partial charge in [-0.3, -0.25) is 4.57 Å². The third kappa shape index (κ3) is 6.87. The second-order valence-corrected chi connectivity index (χ2v) is 14.0. The number of methoxy groups -OCH3 is 2. The second-order valence-electron chi connectivity index (χ2n) is 12.0. The van der Waals surface area contributed by atoms with Crippen LogP contribution >= 0.6 is 7.60 Å². The molecule has 0 aromatic heterocycles. The lowest BCUT2D eigenvalue weighted by molar-refractivity contribution is -0.0154. The first kappa shape index (κ1) is 29.5. The van der Waals surface area contributed by atoms with E-state index in [2.05, 4.69) is 41.5 Å². The molecule has 7 heteroatoms. The molecule has 0 aliphatic heterocycles. The Morgan fingerprint density at radius 3 is 1.69 bits per heavy atom. The van der Waals surface area contributed by atoms with E-state index >= 15 is 0 Å². The number of ether oxygens (including phenoxy) is 2. The quantitative estimate of drug-likeness (QED) is 0.314. The summed E-state index contributed by atoms with van der Waals surface area (Å²) in [6.07, 6.45) is 5.56. The molecule has 1 unspecified atom stereocenters. The molecule has 0 saturated heterocycles. The molecule has 1 N–H and O–H groups in total. The molecule has 0 amide bonds. The standard InChI is InChI=1S/C29H49O6P/c1-18(2)23-12-9-20(5)15-26(23)34-36(31,35-27-16-21(6)10-13-24(27)19(3)4)29(30)22-11-14-25(32-7)28(17-22)33-8/h11,14,17-21,23-24,26-27,29-30H,9-10,12-13,15-16H2,1-8H3/t20-,21-,23-,24+,26-,27-,29+,36?/m1/s1. The van der Waals surface area contributed by atoms with Gasteiger partial charge in [-0.15, -0.1) is 0 Å². The van der Waals surface area contributed by atoms with Gasteiger partial charge in [-0.05, 0) is 78.9 Å². The van der Waals surface area contributed by atoms with Gasteiger partial charge in [0.15, 0.2) is 17.3 Å². The highest BCUT2D eigenvalue weighted by atomic mass is 31.2. The van der Waals surface area contributed by atoms with Crippen LogP contribution in [0.15, 0.2) is 18.2 Å². The van der Waals surface area contributed by atoms with E-state index in [1.165, 1.54) is 0 Å². The molecule has 36 heavy (non-hydrogen) atoms. The van der Waals surface area contributed by atoms with E-state index in [-0.39, 0.29) is 24.0 Å². The van der Waals surface area contributed by atoms with Crippen LogP contribution in [0.1, 0.15) is 91.5 Å². The van der Waals surface area contributed by atoms with Gasteiger partial charge in [0, 0.05) is 0 Å². The molecule has 1 aromatic rings. The molecule has 3 rings (SSSR count). The van der Waals surface area contributed by atoms with Gasteiger partial charge in [-0.1, -0.05) is 60.5 Å². The van der Waals surface area contributed by atoms with E-state index in [1.807, 2.05) is 0 Å². The van der Waals surface area contributed by atoms with Gasteiger partial charge in [-0.2, -0.15) is 0 Å². The minimum absolute atomic E-state index is 0.215. The summed E-state index contributed by atoms with van der Waals surface area (Å²) in [7, 11) is -0.854. The molecule has 206 valence electrons. The Morgan fingerprint density at radius 2 is 1.28 bits per heavy atom. The van der Waals surface area contributed by atoms with Crippen molar-refractivity contribution in [2.45, 2.75) is 98.1 Å². The Morgan fingerprint density at radius 1 is 0.806 bits per heavy atom. The topological polar surface area (TPSA) is 74.2 Å². The van der Waals surface area contributed by atoms with E-state index in [0.717, 1.165) is 38.5 Å². The molecule has 0 heterocycles. The van der Waals surface area contributed by atoms with Gasteiger partial charge in [0.25, 0.3) is 0 Å². The molecular weight excluding hydrogens is 475 g/mol. The number of rotatable bonds is 10. The van der Waals surface area contributed by atoms with Crippen molar-refractivity contribution >= 4 is 7.60 Å². The normalized spacial score (nSPS) is 31.8. The minimum atomic E-state index is -3.97. The molecule has 0 bridgehead atoms. The van der Waals surface area contributed by atoms with Crippen molar-refractivity contribution in [3.8, 4) is 11.5 Å². The van der Waals surface area contributed by atoms with Gasteiger partial charge in [0.1, 0.15) is 0 Å². The van der Waals surface area contributed by atoms with Crippen LogP contribution < -0.4 is 9.47 Å². The van der Waals surface area contributed by atoms with Crippen LogP contribution in [0.4, 0.5) is 0 Å². The number of aliphatic hydroxyl groups is 1. The SMILES string of the molecule is COc1ccc([C@@H](O)P(=O)(O[C@@H]2C[C@H](C)CC[C@@H]2C(C)C)O[C@@H]2C[C@H](C)CC[C@H]2C(C)C)cc1OC. The summed E-state index contributed by atoms with van der Waals surface area (Å²) in [5.41, 5.74) is 0.450. The zero-order chi connectivity index (χ0) is 26.6. The minimum Gasteiger partial charge on any atom is -0.493 e. The van der Waals surface area contributed by atoms with Crippen LogP contribution in [-0.4, -0.2) is 31.5 Å². The predicted octanol–water partition coefficient (Wildman–Crippen LogP) is 7.84. The summed E-state index contributed by atoms with van der Waals surface area (Å²) in [6, 6.07) is 5.12. The van der Waals surface area contributed by atoms with Gasteiger partial charge in [0.2, 0.25) is 0 Å². The highest BCUT2D eigenvalue weighted by Gasteiger charge is 2.46. The molecule has 8 atom stereocenters. The molecular formula is C29H49O6P. The van der Waals surface area contributed by atoms with Crippen LogP contribution in [0.2, 0.25) is 0 Å². The number of hydrogen-bond donors (Lipinski definition) is 1. The van der Waals surface area contributed by atoms with Crippen molar-refractivity contribution in [3.05, 3.63) is 23.8 Å². The zero-order valence-corrected chi connectivity index (χ0v) is 24.5. The summed E-state index contributed by atoms with van der Waals surface area (Å²) >= 11 is 0. The molecule has 2 aliphatic carbocycles. The monoisotopic (exact) mass is 524 g/mol. The van der Waals surface area contributed by atoms with Crippen molar-refractivity contribution in [2.24, 2.45) is 35.5 Å². The largest absolute Gasteiger partial charge is 0.493 e. The molecule has 2 saturated carbocycles. The van der Waals surface area contributed by atoms with E-state index in [4.69, 9.17) is 18.5 Å². The fourth-order valence-corrected chi connectivity index (χ4v) is 8.23. The van der Waals surface area contributed by atoms with Crippen LogP contribution in [0.3, 0.4) is 0 Å². The lowest BCUT2D eigenvalue weighted by Crippen LogP contribution is -2.37. The third-order valence-electron chi connectivity index (χ3n) is 8.49. The number of hydrogen-bond acceptors (Lipinski definition) is 6. The maximum Gasteiger partial charge on any atom is 0.363 e. The Bertz CT molecular complexity index is 849. The predicted molar refractivity (Wildman–Crippen MR) is 145 cm³/mol. The summed E-state index contributed by atoms with van der Waals surface area (Å²) in [5.74, 6) is 1.92. The van der Waals surface area contributed by atoms with Gasteiger partial charge < -0.3 is 23.6 Å². The van der Waals surface area contributed by atoms with E-state index in [1.54, 1.807) is 32.4 Å². The van der Waals surface area contributed by atoms with Crippen LogP contribution in [0.5, 0.6) is 11.5 Å². The number of aliphatic hydroxyl groups excluding tert-OH is 1. The smallest absolute Gasteiger partial charge is 0.363 e. The van der Waals surface area contributed by atoms with Crippen LogP contribution in [0, 0.1) is 35.5 Å². The van der Waals surface area contributed by atoms with Crippen molar-refractivity contribution in [2.75, 3.05) is 14.2 Å². The lowest BCUT2D eigenvalue weighted by Gasteiger charge is -2.42. The maximum atomic E-state index is 14.8. The molecule has 2 fully saturated rings. The Hall–Kier alpha value is -1.07. The molecule has 6 nitrogen and oxygen atoms in total. The first-order chi connectivity index (χ1) is 17.0. The summed E-state index contributed by atoms with van der Waals surface area (Å²) in [4.78, 5) is 0. The molecule has 2 aliphatic rings. The first-order valence-electron chi connectivity index (χ1n) is 13.9. The Balaban J connectivity index is 2.00. The van der Waals surface area contributed by atoms with Crippen molar-refractivity contribution in [1.82, 2.24) is 0 Å². The average Bonchev–Trinajstić information content (AvgIpc) is 2.82. The fourth-order valence-electron chi connectivity index (χ4n) is 6.19. The van der Waals surface area contributed by atoms with E-state index < -0.39 is 13.4 Å². The van der Waals surface area contributed by atoms with Gasteiger partial charge in [0.05, 0.1) is 26.4 Å². The maximum absolute atomic E-state index is 14.8. The first-order valence-corrected chi connectivity index (χ1v) is 15.5. The van der Waals surface area contributed by atoms with Gasteiger partial charge >= 0.3 is 7.60 Å². The van der Waals surface area contributed by atoms with E-state index in [9.17, 15) is 9.67 Å². The second kappa shape index (κ2) is 12.7. The summed E-state index contributed by atoms with van der Waals surface area (Å²) in [6.45, 7) is 13.2. The summed E-state index contributed by atoms with van der Waals surface area (Å²) in [5, 5.41) is 11.7. The van der Waals surface area contributed by atoms with Crippen molar-refractivity contribution in [1.29, 1.82) is 0 Å². The van der Waals surface area contributed by atoms with Crippen molar-refractivity contribution < 1.29 is 28.2 Å². The molecule has 0 spiro atoms. The van der Waals surface area contributed by atoms with Crippen molar-refractivity contribution in [3.63, 3.8) is 0 Å². The van der Waals surface area contributed by atoms with E-state index in [0.29, 0.717) is 40.7 Å². The highest BCUT2D eigenvalue weighted by Crippen LogP contribution is 2.64. The van der Waals surface area contributed by atoms with Gasteiger partial charge in [-0.25, -0.2) is 0 Å². The molecule has 1 aromatic carbocycles. The molecule has 0 radical (unpaired) electrons. The fraction of sp³-hybridized carbons (Fsp3) is 0.793. The highest BCUT2D eigenvalue weighted by molar-refractivity contribution is 7.54. The summed E-state index contributed by atoms with van der Waals surface area (Å²) < 4.78 is 38.7. The Kier molecular flexibility index (Phi) is 10.4.